The number of nitrogens with two attached hydrogens (primary N) is 1. The Bertz CT molecular complexity index is 199. The molecule has 1 aliphatic rings. The Hall–Kier alpha value is 0.230. The van der Waals surface area contributed by atoms with Gasteiger partial charge in [-0.15, -0.1) is 0 Å². The molecular weight excluding hydrogens is 210 g/mol. The van der Waals surface area contributed by atoms with Gasteiger partial charge in [0.2, 0.25) is 0 Å². The maximum Gasteiger partial charge on any atom is 0.0899 e. The van der Waals surface area contributed by atoms with Crippen LogP contribution in [0.5, 0.6) is 0 Å². The van der Waals surface area contributed by atoms with E-state index in [9.17, 15) is 0 Å². The van der Waals surface area contributed by atoms with Crippen molar-refractivity contribution in [3.8, 4) is 0 Å². The first kappa shape index (κ1) is 13.3. The molecule has 0 aromatic carbocycles. The van der Waals surface area contributed by atoms with Crippen molar-refractivity contribution in [3.63, 3.8) is 0 Å². The SMILES string of the molecule is CC1(C)CSCC(CN)(OCCCO)C1. The molecule has 1 heterocycles. The van der Waals surface area contributed by atoms with Crippen molar-refractivity contribution in [2.45, 2.75) is 32.3 Å². The molecule has 1 unspecified atom stereocenters. The molecule has 1 saturated heterocycles. The van der Waals surface area contributed by atoms with Gasteiger partial charge in [0.1, 0.15) is 0 Å². The molecular formula is C11H23NO2S. The first-order chi connectivity index (χ1) is 7.04. The number of rotatable bonds is 5. The van der Waals surface area contributed by atoms with E-state index in [1.54, 1.807) is 0 Å². The van der Waals surface area contributed by atoms with Crippen LogP contribution in [-0.2, 0) is 4.74 Å². The van der Waals surface area contributed by atoms with Gasteiger partial charge in [-0.3, -0.25) is 0 Å². The first-order valence-corrected chi connectivity index (χ1v) is 6.72. The van der Waals surface area contributed by atoms with Gasteiger partial charge in [0.25, 0.3) is 0 Å². The second-order valence-electron chi connectivity index (χ2n) is 5.15. The summed E-state index contributed by atoms with van der Waals surface area (Å²) >= 11 is 1.92. The molecule has 15 heavy (non-hydrogen) atoms. The van der Waals surface area contributed by atoms with Crippen LogP contribution in [0.2, 0.25) is 0 Å². The smallest absolute Gasteiger partial charge is 0.0899 e. The summed E-state index contributed by atoms with van der Waals surface area (Å²) in [6, 6.07) is 0. The first-order valence-electron chi connectivity index (χ1n) is 5.56. The van der Waals surface area contributed by atoms with Gasteiger partial charge >= 0.3 is 0 Å². The molecule has 1 aliphatic heterocycles. The fourth-order valence-corrected chi connectivity index (χ4v) is 3.56. The zero-order valence-electron chi connectivity index (χ0n) is 9.79. The third kappa shape index (κ3) is 3.94. The van der Waals surface area contributed by atoms with Crippen molar-refractivity contribution >= 4 is 11.8 Å². The molecule has 0 saturated carbocycles. The monoisotopic (exact) mass is 233 g/mol. The van der Waals surface area contributed by atoms with Gasteiger partial charge in [0.15, 0.2) is 0 Å². The lowest BCUT2D eigenvalue weighted by atomic mass is 9.82. The minimum atomic E-state index is -0.165. The number of hydrogen-bond acceptors (Lipinski definition) is 4. The molecule has 1 atom stereocenters. The summed E-state index contributed by atoms with van der Waals surface area (Å²) in [5.74, 6) is 2.16. The van der Waals surface area contributed by atoms with Gasteiger partial charge < -0.3 is 15.6 Å². The van der Waals surface area contributed by atoms with E-state index in [2.05, 4.69) is 13.8 Å². The highest BCUT2D eigenvalue weighted by molar-refractivity contribution is 7.99. The van der Waals surface area contributed by atoms with Gasteiger partial charge in [-0.05, 0) is 24.0 Å². The second kappa shape index (κ2) is 5.53. The normalized spacial score (nSPS) is 30.4. The van der Waals surface area contributed by atoms with E-state index in [1.165, 1.54) is 5.75 Å². The van der Waals surface area contributed by atoms with E-state index in [0.717, 1.165) is 12.2 Å². The molecule has 0 radical (unpaired) electrons. The van der Waals surface area contributed by atoms with Gasteiger partial charge in [0.05, 0.1) is 5.60 Å². The summed E-state index contributed by atoms with van der Waals surface area (Å²) in [4.78, 5) is 0. The zero-order valence-corrected chi connectivity index (χ0v) is 10.6. The highest BCUT2D eigenvalue weighted by atomic mass is 32.2. The molecule has 0 aliphatic carbocycles. The topological polar surface area (TPSA) is 55.5 Å². The quantitative estimate of drug-likeness (QED) is 0.702. The Morgan fingerprint density at radius 2 is 2.13 bits per heavy atom. The molecule has 1 fully saturated rings. The van der Waals surface area contributed by atoms with Crippen molar-refractivity contribution in [2.24, 2.45) is 11.1 Å². The third-order valence-corrected chi connectivity index (χ3v) is 4.46. The Morgan fingerprint density at radius 1 is 1.40 bits per heavy atom. The average molecular weight is 233 g/mol. The molecule has 1 rings (SSSR count). The predicted molar refractivity (Wildman–Crippen MR) is 65.2 cm³/mol. The predicted octanol–water partition coefficient (Wildman–Crippen LogP) is 1.25. The number of hydrogen-bond donors (Lipinski definition) is 2. The van der Waals surface area contributed by atoms with E-state index >= 15 is 0 Å². The minimum absolute atomic E-state index is 0.165. The summed E-state index contributed by atoms with van der Waals surface area (Å²) < 4.78 is 5.89. The molecule has 90 valence electrons. The summed E-state index contributed by atoms with van der Waals surface area (Å²) in [7, 11) is 0. The van der Waals surface area contributed by atoms with Gasteiger partial charge in [-0.2, -0.15) is 11.8 Å². The van der Waals surface area contributed by atoms with Crippen LogP contribution in [0.25, 0.3) is 0 Å². The van der Waals surface area contributed by atoms with Crippen molar-refractivity contribution in [1.82, 2.24) is 0 Å². The molecule has 0 bridgehead atoms. The van der Waals surface area contributed by atoms with E-state index in [-0.39, 0.29) is 12.2 Å². The molecule has 3 N–H and O–H groups in total. The maximum absolute atomic E-state index is 8.74. The Balaban J connectivity index is 2.51. The number of aliphatic hydroxyl groups is 1. The largest absolute Gasteiger partial charge is 0.396 e. The van der Waals surface area contributed by atoms with Crippen molar-refractivity contribution in [1.29, 1.82) is 0 Å². The lowest BCUT2D eigenvalue weighted by Crippen LogP contribution is -2.50. The lowest BCUT2D eigenvalue weighted by Gasteiger charge is -2.43. The number of thioether (sulfide) groups is 1. The second-order valence-corrected chi connectivity index (χ2v) is 6.13. The standard InChI is InChI=1S/C11H23NO2S/c1-10(2)6-11(7-12,9-15-8-10)14-5-3-4-13/h13H,3-9,12H2,1-2H3. The van der Waals surface area contributed by atoms with Crippen LogP contribution in [-0.4, -0.2) is 42.0 Å². The summed E-state index contributed by atoms with van der Waals surface area (Å²) in [5.41, 5.74) is 5.98. The summed E-state index contributed by atoms with van der Waals surface area (Å²) in [6.45, 7) is 5.91. The summed E-state index contributed by atoms with van der Waals surface area (Å²) in [6.07, 6.45) is 1.72. The van der Waals surface area contributed by atoms with Gasteiger partial charge in [0, 0.05) is 25.5 Å². The molecule has 0 spiro atoms. The molecule has 0 aromatic rings. The lowest BCUT2D eigenvalue weighted by molar-refractivity contribution is -0.0530. The highest BCUT2D eigenvalue weighted by Crippen LogP contribution is 2.40. The Labute approximate surface area is 96.8 Å². The van der Waals surface area contributed by atoms with Crippen molar-refractivity contribution in [3.05, 3.63) is 0 Å². The summed E-state index contributed by atoms with van der Waals surface area (Å²) in [5, 5.41) is 8.74. The van der Waals surface area contributed by atoms with E-state index in [4.69, 9.17) is 15.6 Å². The van der Waals surface area contributed by atoms with Crippen LogP contribution in [0.1, 0.15) is 26.7 Å². The Morgan fingerprint density at radius 3 is 2.67 bits per heavy atom. The van der Waals surface area contributed by atoms with E-state index < -0.39 is 0 Å². The van der Waals surface area contributed by atoms with Crippen LogP contribution < -0.4 is 5.73 Å². The van der Waals surface area contributed by atoms with Crippen molar-refractivity contribution < 1.29 is 9.84 Å². The fraction of sp³-hybridized carbons (Fsp3) is 1.00. The minimum Gasteiger partial charge on any atom is -0.396 e. The van der Waals surface area contributed by atoms with Crippen LogP contribution >= 0.6 is 11.8 Å². The highest BCUT2D eigenvalue weighted by Gasteiger charge is 2.40. The number of aliphatic hydroxyl groups excluding tert-OH is 1. The van der Waals surface area contributed by atoms with Crippen LogP contribution in [0.15, 0.2) is 0 Å². The van der Waals surface area contributed by atoms with Crippen molar-refractivity contribution in [2.75, 3.05) is 31.3 Å². The molecule has 4 heteroatoms. The molecule has 0 amide bonds. The number of ether oxygens (including phenoxy) is 1. The van der Waals surface area contributed by atoms with Crippen LogP contribution in [0.4, 0.5) is 0 Å². The molecule has 3 nitrogen and oxygen atoms in total. The van der Waals surface area contributed by atoms with Crippen LogP contribution in [0, 0.1) is 5.41 Å². The van der Waals surface area contributed by atoms with E-state index in [1.807, 2.05) is 11.8 Å². The van der Waals surface area contributed by atoms with Gasteiger partial charge in [-0.1, -0.05) is 13.8 Å². The zero-order chi connectivity index (χ0) is 11.4. The van der Waals surface area contributed by atoms with Crippen LogP contribution in [0.3, 0.4) is 0 Å². The maximum atomic E-state index is 8.74. The van der Waals surface area contributed by atoms with E-state index in [0.29, 0.717) is 25.0 Å². The molecule has 0 aromatic heterocycles. The Kier molecular flexibility index (Phi) is 4.90. The average Bonchev–Trinajstić information content (AvgIpc) is 2.17. The fourth-order valence-electron chi connectivity index (χ4n) is 2.12. The third-order valence-electron chi connectivity index (χ3n) is 2.74. The van der Waals surface area contributed by atoms with Gasteiger partial charge in [-0.25, -0.2) is 0 Å².